The molecule has 2 aromatic heterocycles. The van der Waals surface area contributed by atoms with E-state index in [2.05, 4.69) is 25.9 Å². The molecule has 2 rings (SSSR count). The van der Waals surface area contributed by atoms with Crippen molar-refractivity contribution in [2.24, 2.45) is 0 Å². The Kier molecular flexibility index (Phi) is 1.69. The Hall–Kier alpha value is -1.16. The second-order valence-corrected chi connectivity index (χ2v) is 3.24. The van der Waals surface area contributed by atoms with Gasteiger partial charge in [-0.15, -0.1) is 0 Å². The van der Waals surface area contributed by atoms with Crippen LogP contribution in [-0.4, -0.2) is 9.97 Å². The van der Waals surface area contributed by atoms with Crippen molar-refractivity contribution in [3.05, 3.63) is 39.5 Å². The summed E-state index contributed by atoms with van der Waals surface area (Å²) in [7, 11) is 0. The third kappa shape index (κ3) is 1.04. The van der Waals surface area contributed by atoms with Gasteiger partial charge < -0.3 is 4.98 Å². The summed E-state index contributed by atoms with van der Waals surface area (Å²) < 4.78 is 0.875. The first-order chi connectivity index (χ1) is 5.79. The summed E-state index contributed by atoms with van der Waals surface area (Å²) in [4.78, 5) is 17.7. The zero-order chi connectivity index (χ0) is 8.55. The van der Waals surface area contributed by atoms with Crippen LogP contribution in [0.2, 0.25) is 0 Å². The van der Waals surface area contributed by atoms with Crippen LogP contribution >= 0.6 is 15.9 Å². The second kappa shape index (κ2) is 2.71. The van der Waals surface area contributed by atoms with Gasteiger partial charge in [-0.05, 0) is 22.0 Å². The van der Waals surface area contributed by atoms with E-state index in [0.29, 0.717) is 5.39 Å². The molecule has 0 aliphatic carbocycles. The molecule has 3 nitrogen and oxygen atoms in total. The highest BCUT2D eigenvalue weighted by Crippen LogP contribution is 2.18. The van der Waals surface area contributed by atoms with Crippen molar-refractivity contribution >= 4 is 26.7 Å². The fourth-order valence-corrected chi connectivity index (χ4v) is 1.53. The van der Waals surface area contributed by atoms with E-state index in [9.17, 15) is 4.79 Å². The van der Waals surface area contributed by atoms with Crippen molar-refractivity contribution < 1.29 is 0 Å². The maximum absolute atomic E-state index is 11.2. The number of pyridine rings is 2. The van der Waals surface area contributed by atoms with Crippen molar-refractivity contribution in [2.45, 2.75) is 0 Å². The minimum atomic E-state index is -0.110. The first-order valence-electron chi connectivity index (χ1n) is 3.40. The summed E-state index contributed by atoms with van der Waals surface area (Å²) in [6.45, 7) is 0. The van der Waals surface area contributed by atoms with Crippen molar-refractivity contribution in [3.8, 4) is 0 Å². The maximum atomic E-state index is 11.2. The van der Waals surface area contributed by atoms with Gasteiger partial charge >= 0.3 is 0 Å². The highest BCUT2D eigenvalue weighted by molar-refractivity contribution is 9.10. The first kappa shape index (κ1) is 7.49. The van der Waals surface area contributed by atoms with Crippen LogP contribution in [0.15, 0.2) is 33.9 Å². The highest BCUT2D eigenvalue weighted by Gasteiger charge is 2.00. The molecule has 0 aromatic carbocycles. The Morgan fingerprint density at radius 1 is 1.42 bits per heavy atom. The summed E-state index contributed by atoms with van der Waals surface area (Å²) in [5, 5.41) is 1.49. The highest BCUT2D eigenvalue weighted by atomic mass is 79.9. The van der Waals surface area contributed by atoms with Crippen molar-refractivity contribution in [2.75, 3.05) is 0 Å². The lowest BCUT2D eigenvalue weighted by Gasteiger charge is -1.96. The van der Waals surface area contributed by atoms with Crippen LogP contribution in [0.1, 0.15) is 0 Å². The van der Waals surface area contributed by atoms with Gasteiger partial charge in [0.25, 0.3) is 5.56 Å². The van der Waals surface area contributed by atoms with E-state index in [-0.39, 0.29) is 5.56 Å². The van der Waals surface area contributed by atoms with Gasteiger partial charge in [0, 0.05) is 28.4 Å². The van der Waals surface area contributed by atoms with Gasteiger partial charge in [-0.25, -0.2) is 0 Å². The Bertz CT molecular complexity index is 478. The number of fused-ring (bicyclic) bond motifs is 1. The summed E-state index contributed by atoms with van der Waals surface area (Å²) >= 11 is 3.33. The molecule has 1 N–H and O–H groups in total. The van der Waals surface area contributed by atoms with Gasteiger partial charge in [-0.3, -0.25) is 9.78 Å². The monoisotopic (exact) mass is 224 g/mol. The standard InChI is InChI=1S/C8H5BrN2O/c9-7-4-11-8(12)6-3-10-2-1-5(6)7/h1-4H,(H,11,12). The van der Waals surface area contributed by atoms with Crippen LogP contribution in [0.3, 0.4) is 0 Å². The third-order valence-corrected chi connectivity index (χ3v) is 2.31. The molecule has 0 aliphatic rings. The number of halogens is 1. The molecular weight excluding hydrogens is 220 g/mol. The van der Waals surface area contributed by atoms with Crippen LogP contribution in [0.4, 0.5) is 0 Å². The van der Waals surface area contributed by atoms with Crippen molar-refractivity contribution in [1.29, 1.82) is 0 Å². The molecular formula is C8H5BrN2O. The lowest BCUT2D eigenvalue weighted by Crippen LogP contribution is -2.05. The molecule has 2 aromatic rings. The fraction of sp³-hybridized carbons (Fsp3) is 0. The molecule has 4 heteroatoms. The van der Waals surface area contributed by atoms with E-state index in [1.165, 1.54) is 0 Å². The molecule has 0 radical (unpaired) electrons. The number of aromatic nitrogens is 2. The van der Waals surface area contributed by atoms with Gasteiger partial charge in [0.15, 0.2) is 0 Å². The minimum absolute atomic E-state index is 0.110. The quantitative estimate of drug-likeness (QED) is 0.741. The normalized spacial score (nSPS) is 10.4. The first-order valence-corrected chi connectivity index (χ1v) is 4.19. The largest absolute Gasteiger partial charge is 0.327 e. The fourth-order valence-electron chi connectivity index (χ4n) is 1.07. The van der Waals surface area contributed by atoms with Crippen LogP contribution in [0.5, 0.6) is 0 Å². The summed E-state index contributed by atoms with van der Waals surface area (Å²) in [5.74, 6) is 0. The molecule has 0 saturated heterocycles. The zero-order valence-corrected chi connectivity index (χ0v) is 7.63. The van der Waals surface area contributed by atoms with Gasteiger partial charge in [0.05, 0.1) is 5.39 Å². The SMILES string of the molecule is O=c1[nH]cc(Br)c2ccncc12. The van der Waals surface area contributed by atoms with Gasteiger partial charge in [0.1, 0.15) is 0 Å². The van der Waals surface area contributed by atoms with Gasteiger partial charge in [0.2, 0.25) is 0 Å². The molecule has 12 heavy (non-hydrogen) atoms. The number of nitrogens with zero attached hydrogens (tertiary/aromatic N) is 1. The Balaban J connectivity index is 3.05. The van der Waals surface area contributed by atoms with E-state index in [1.54, 1.807) is 24.7 Å². The maximum Gasteiger partial charge on any atom is 0.257 e. The van der Waals surface area contributed by atoms with E-state index >= 15 is 0 Å². The molecule has 0 amide bonds. The molecule has 0 atom stereocenters. The zero-order valence-electron chi connectivity index (χ0n) is 6.04. The third-order valence-electron chi connectivity index (χ3n) is 1.65. The Morgan fingerprint density at radius 3 is 3.00 bits per heavy atom. The predicted molar refractivity (Wildman–Crippen MR) is 50.1 cm³/mol. The van der Waals surface area contributed by atoms with E-state index in [4.69, 9.17) is 0 Å². The Labute approximate surface area is 76.6 Å². The number of rotatable bonds is 0. The van der Waals surface area contributed by atoms with E-state index in [1.807, 2.05) is 0 Å². The van der Waals surface area contributed by atoms with E-state index in [0.717, 1.165) is 9.86 Å². The second-order valence-electron chi connectivity index (χ2n) is 2.39. The van der Waals surface area contributed by atoms with Crippen LogP contribution in [-0.2, 0) is 0 Å². The number of hydrogen-bond acceptors (Lipinski definition) is 2. The summed E-state index contributed by atoms with van der Waals surface area (Å²) in [6.07, 6.45) is 4.84. The summed E-state index contributed by atoms with van der Waals surface area (Å²) in [5.41, 5.74) is -0.110. The smallest absolute Gasteiger partial charge is 0.257 e. The number of H-pyrrole nitrogens is 1. The number of hydrogen-bond donors (Lipinski definition) is 1. The summed E-state index contributed by atoms with van der Waals surface area (Å²) in [6, 6.07) is 1.80. The number of aromatic amines is 1. The minimum Gasteiger partial charge on any atom is -0.327 e. The molecule has 0 bridgehead atoms. The topological polar surface area (TPSA) is 45.8 Å². The van der Waals surface area contributed by atoms with Gasteiger partial charge in [-0.1, -0.05) is 0 Å². The molecule has 0 fully saturated rings. The molecule has 0 aliphatic heterocycles. The Morgan fingerprint density at radius 2 is 2.25 bits per heavy atom. The van der Waals surface area contributed by atoms with Crippen LogP contribution in [0, 0.1) is 0 Å². The molecule has 2 heterocycles. The number of nitrogens with one attached hydrogen (secondary N) is 1. The van der Waals surface area contributed by atoms with Crippen molar-refractivity contribution in [3.63, 3.8) is 0 Å². The lowest BCUT2D eigenvalue weighted by atomic mass is 10.2. The molecule has 60 valence electrons. The van der Waals surface area contributed by atoms with E-state index < -0.39 is 0 Å². The lowest BCUT2D eigenvalue weighted by molar-refractivity contribution is 1.24. The van der Waals surface area contributed by atoms with Crippen LogP contribution < -0.4 is 5.56 Å². The average molecular weight is 225 g/mol. The average Bonchev–Trinajstić information content (AvgIpc) is 2.12. The molecule has 0 saturated carbocycles. The van der Waals surface area contributed by atoms with Crippen molar-refractivity contribution in [1.82, 2.24) is 9.97 Å². The predicted octanol–water partition coefficient (Wildman–Crippen LogP) is 1.69. The van der Waals surface area contributed by atoms with Crippen LogP contribution in [0.25, 0.3) is 10.8 Å². The molecule has 0 spiro atoms. The van der Waals surface area contributed by atoms with Gasteiger partial charge in [-0.2, -0.15) is 0 Å². The molecule has 0 unspecified atom stereocenters.